The van der Waals surface area contributed by atoms with Crippen molar-refractivity contribution in [2.24, 2.45) is 5.92 Å². The van der Waals surface area contributed by atoms with E-state index in [0.29, 0.717) is 11.9 Å². The first-order valence-electron chi connectivity index (χ1n) is 8.98. The van der Waals surface area contributed by atoms with E-state index in [2.05, 4.69) is 15.0 Å². The molecule has 1 N–H and O–H groups in total. The molecular formula is C17H18ClF6N3O3S. The number of nitrogens with one attached hydrogen (secondary N) is 1. The fraction of sp³-hybridized carbons (Fsp3) is 0.588. The lowest BCUT2D eigenvalue weighted by Crippen LogP contribution is -2.44. The first-order chi connectivity index (χ1) is 14.4. The molecule has 0 unspecified atom stereocenters. The monoisotopic (exact) mass is 493 g/mol. The molecule has 0 atom stereocenters. The second-order valence-corrected chi connectivity index (χ2v) is 8.07. The number of carbonyl (C=O) groups excluding carboxylic acids is 2. The number of amides is 2. The maximum atomic E-state index is 12.6. The third kappa shape index (κ3) is 8.28. The van der Waals surface area contributed by atoms with Crippen molar-refractivity contribution in [3.05, 3.63) is 22.8 Å². The Hall–Kier alpha value is -1.89. The van der Waals surface area contributed by atoms with Crippen LogP contribution in [-0.2, 0) is 15.7 Å². The molecule has 2 heterocycles. The van der Waals surface area contributed by atoms with Crippen LogP contribution in [0.25, 0.3) is 0 Å². The van der Waals surface area contributed by atoms with Crippen LogP contribution >= 0.6 is 23.4 Å². The largest absolute Gasteiger partial charge is 0.440 e. The number of carbonyl (C=O) groups is 2. The van der Waals surface area contributed by atoms with Gasteiger partial charge in [-0.15, -0.1) is 11.8 Å². The molecule has 0 radical (unpaired) electrons. The molecule has 1 fully saturated rings. The van der Waals surface area contributed by atoms with Crippen LogP contribution in [0.2, 0.25) is 5.02 Å². The molecule has 0 aliphatic carbocycles. The zero-order valence-corrected chi connectivity index (χ0v) is 17.4. The third-order valence-corrected chi connectivity index (χ3v) is 5.67. The number of pyridine rings is 1. The van der Waals surface area contributed by atoms with E-state index in [1.54, 1.807) is 0 Å². The van der Waals surface area contributed by atoms with Gasteiger partial charge >= 0.3 is 18.4 Å². The SMILES string of the molecule is O=C(NCCSc1ncc(C(F)(F)F)cc1Cl)C1CCN(C(=O)OCC(F)(F)F)CC1. The summed E-state index contributed by atoms with van der Waals surface area (Å²) in [5.41, 5.74) is -0.955. The van der Waals surface area contributed by atoms with Crippen molar-refractivity contribution < 1.29 is 40.7 Å². The molecule has 2 amide bonds. The molecular weight excluding hydrogens is 476 g/mol. The summed E-state index contributed by atoms with van der Waals surface area (Å²) in [6.45, 7) is -1.28. The lowest BCUT2D eigenvalue weighted by molar-refractivity contribution is -0.162. The number of halogens is 7. The number of likely N-dealkylation sites (tertiary alicyclic amines) is 1. The number of ether oxygens (including phenoxy) is 1. The highest BCUT2D eigenvalue weighted by atomic mass is 35.5. The Labute approximate surface area is 182 Å². The number of aromatic nitrogens is 1. The minimum absolute atomic E-state index is 0.0919. The second kappa shape index (κ2) is 10.6. The van der Waals surface area contributed by atoms with E-state index in [-0.39, 0.29) is 48.4 Å². The molecule has 0 bridgehead atoms. The Morgan fingerprint density at radius 3 is 2.42 bits per heavy atom. The van der Waals surface area contributed by atoms with Crippen molar-refractivity contribution in [3.63, 3.8) is 0 Å². The smallest absolute Gasteiger partial charge is 0.422 e. The summed E-state index contributed by atoms with van der Waals surface area (Å²) in [6.07, 6.45) is -9.00. The average Bonchev–Trinajstić information content (AvgIpc) is 2.69. The number of hydrogen-bond acceptors (Lipinski definition) is 5. The molecule has 1 aromatic heterocycles. The third-order valence-electron chi connectivity index (χ3n) is 4.26. The summed E-state index contributed by atoms with van der Waals surface area (Å²) in [7, 11) is 0. The van der Waals surface area contributed by atoms with Gasteiger partial charge in [-0.25, -0.2) is 9.78 Å². The Balaban J connectivity index is 1.69. The molecule has 31 heavy (non-hydrogen) atoms. The Morgan fingerprint density at radius 2 is 1.87 bits per heavy atom. The van der Waals surface area contributed by atoms with Crippen LogP contribution in [0, 0.1) is 5.92 Å². The van der Waals surface area contributed by atoms with Gasteiger partial charge in [0.05, 0.1) is 10.6 Å². The summed E-state index contributed by atoms with van der Waals surface area (Å²) < 4.78 is 78.2. The van der Waals surface area contributed by atoms with Crippen LogP contribution in [-0.4, -0.2) is 60.1 Å². The van der Waals surface area contributed by atoms with E-state index in [9.17, 15) is 35.9 Å². The maximum absolute atomic E-state index is 12.6. The van der Waals surface area contributed by atoms with E-state index in [4.69, 9.17) is 11.6 Å². The predicted molar refractivity (Wildman–Crippen MR) is 99.7 cm³/mol. The molecule has 0 aromatic carbocycles. The van der Waals surface area contributed by atoms with Crippen LogP contribution in [0.1, 0.15) is 18.4 Å². The average molecular weight is 494 g/mol. The van der Waals surface area contributed by atoms with E-state index in [1.807, 2.05) is 0 Å². The van der Waals surface area contributed by atoms with Crippen molar-refractivity contribution in [2.75, 3.05) is 32.0 Å². The second-order valence-electron chi connectivity index (χ2n) is 6.58. The quantitative estimate of drug-likeness (QED) is 0.362. The fourth-order valence-electron chi connectivity index (χ4n) is 2.71. The minimum atomic E-state index is -4.61. The topological polar surface area (TPSA) is 71.5 Å². The van der Waals surface area contributed by atoms with Gasteiger partial charge in [-0.1, -0.05) is 11.6 Å². The van der Waals surface area contributed by atoms with Gasteiger partial charge in [-0.2, -0.15) is 26.3 Å². The van der Waals surface area contributed by atoms with Gasteiger partial charge in [0, 0.05) is 37.5 Å². The zero-order valence-electron chi connectivity index (χ0n) is 15.9. The van der Waals surface area contributed by atoms with Gasteiger partial charge in [0.1, 0.15) is 5.03 Å². The highest BCUT2D eigenvalue weighted by molar-refractivity contribution is 7.99. The van der Waals surface area contributed by atoms with Gasteiger partial charge in [0.25, 0.3) is 0 Å². The predicted octanol–water partition coefficient (Wildman–Crippen LogP) is 4.37. The highest BCUT2D eigenvalue weighted by Gasteiger charge is 2.33. The van der Waals surface area contributed by atoms with Gasteiger partial charge in [-0.3, -0.25) is 4.79 Å². The molecule has 1 aromatic rings. The summed E-state index contributed by atoms with van der Waals surface area (Å²) in [5, 5.41) is 2.73. The molecule has 2 rings (SSSR count). The van der Waals surface area contributed by atoms with Gasteiger partial charge in [-0.05, 0) is 18.9 Å². The van der Waals surface area contributed by atoms with E-state index >= 15 is 0 Å². The molecule has 6 nitrogen and oxygen atoms in total. The Kier molecular flexibility index (Phi) is 8.69. The summed E-state index contributed by atoms with van der Waals surface area (Å²) in [5.74, 6) is -0.383. The van der Waals surface area contributed by atoms with Crippen molar-refractivity contribution in [2.45, 2.75) is 30.2 Å². The standard InChI is InChI=1S/C17H18ClF6N3O3S/c18-12-7-11(17(22,23)24)8-26-14(12)31-6-3-25-13(28)10-1-4-27(5-2-10)15(29)30-9-16(19,20)21/h7-8,10H,1-6,9H2,(H,25,28). The van der Waals surface area contributed by atoms with Crippen LogP contribution in [0.5, 0.6) is 0 Å². The minimum Gasteiger partial charge on any atom is -0.440 e. The molecule has 0 spiro atoms. The highest BCUT2D eigenvalue weighted by Crippen LogP contribution is 2.33. The van der Waals surface area contributed by atoms with Crippen LogP contribution in [0.15, 0.2) is 17.3 Å². The molecule has 1 aliphatic rings. The van der Waals surface area contributed by atoms with E-state index in [1.165, 1.54) is 0 Å². The van der Waals surface area contributed by atoms with E-state index in [0.717, 1.165) is 22.7 Å². The summed E-state index contributed by atoms with van der Waals surface area (Å²) in [4.78, 5) is 28.6. The number of alkyl halides is 6. The van der Waals surface area contributed by atoms with Crippen molar-refractivity contribution in [3.8, 4) is 0 Å². The number of hydrogen-bond donors (Lipinski definition) is 1. The van der Waals surface area contributed by atoms with Crippen molar-refractivity contribution in [1.82, 2.24) is 15.2 Å². The van der Waals surface area contributed by atoms with Crippen molar-refractivity contribution in [1.29, 1.82) is 0 Å². The number of nitrogens with zero attached hydrogens (tertiary/aromatic N) is 2. The van der Waals surface area contributed by atoms with E-state index < -0.39 is 36.5 Å². The lowest BCUT2D eigenvalue weighted by Gasteiger charge is -2.30. The number of piperidine rings is 1. The van der Waals surface area contributed by atoms with Gasteiger partial charge in [0.15, 0.2) is 6.61 Å². The molecule has 174 valence electrons. The fourth-order valence-corrected chi connectivity index (χ4v) is 3.76. The summed E-state index contributed by atoms with van der Waals surface area (Å²) in [6, 6.07) is 0.781. The van der Waals surface area contributed by atoms with Crippen LogP contribution < -0.4 is 5.32 Å². The Bertz CT molecular complexity index is 785. The van der Waals surface area contributed by atoms with Crippen molar-refractivity contribution >= 4 is 35.4 Å². The normalized spacial score (nSPS) is 15.6. The molecule has 1 aliphatic heterocycles. The molecule has 1 saturated heterocycles. The first kappa shape index (κ1) is 25.4. The zero-order chi connectivity index (χ0) is 23.2. The number of thioether (sulfide) groups is 1. The van der Waals surface area contributed by atoms with Gasteiger partial charge in [0.2, 0.25) is 5.91 Å². The van der Waals surface area contributed by atoms with Gasteiger partial charge < -0.3 is 15.0 Å². The first-order valence-corrected chi connectivity index (χ1v) is 10.3. The lowest BCUT2D eigenvalue weighted by atomic mass is 9.96. The number of rotatable bonds is 6. The van der Waals surface area contributed by atoms with Crippen LogP contribution in [0.4, 0.5) is 31.1 Å². The molecule has 14 heteroatoms. The molecule has 0 saturated carbocycles. The maximum Gasteiger partial charge on any atom is 0.422 e. The summed E-state index contributed by atoms with van der Waals surface area (Å²) >= 11 is 6.89. The Morgan fingerprint density at radius 1 is 1.23 bits per heavy atom. The van der Waals surface area contributed by atoms with Crippen LogP contribution in [0.3, 0.4) is 0 Å².